The van der Waals surface area contributed by atoms with Crippen LogP contribution in [-0.4, -0.2) is 17.6 Å². The number of ether oxygens (including phenoxy) is 1. The highest BCUT2D eigenvalue weighted by molar-refractivity contribution is 5.81. The second-order valence-electron chi connectivity index (χ2n) is 5.50. The summed E-state index contributed by atoms with van der Waals surface area (Å²) >= 11 is 0. The largest absolute Gasteiger partial charge is 0.481 e. The molecular formula is C15H23NO2. The molecule has 1 rings (SSSR count). The van der Waals surface area contributed by atoms with Gasteiger partial charge in [-0.15, -0.1) is 0 Å². The van der Waals surface area contributed by atoms with E-state index in [1.165, 1.54) is 5.56 Å². The fourth-order valence-electron chi connectivity index (χ4n) is 1.57. The van der Waals surface area contributed by atoms with E-state index in [4.69, 9.17) is 4.74 Å². The van der Waals surface area contributed by atoms with Crippen LogP contribution in [0, 0.1) is 0 Å². The van der Waals surface area contributed by atoms with Gasteiger partial charge in [0.2, 0.25) is 0 Å². The zero-order valence-corrected chi connectivity index (χ0v) is 11.9. The average Bonchev–Trinajstić information content (AvgIpc) is 2.27. The number of hydrogen-bond donors (Lipinski definition) is 1. The lowest BCUT2D eigenvalue weighted by molar-refractivity contribution is -0.128. The zero-order chi connectivity index (χ0) is 13.8. The Morgan fingerprint density at radius 2 is 2.06 bits per heavy atom. The van der Waals surface area contributed by atoms with Crippen molar-refractivity contribution >= 4 is 5.91 Å². The third-order valence-electron chi connectivity index (χ3n) is 2.49. The van der Waals surface area contributed by atoms with Crippen LogP contribution in [0.3, 0.4) is 0 Å². The van der Waals surface area contributed by atoms with Gasteiger partial charge in [-0.25, -0.2) is 0 Å². The van der Waals surface area contributed by atoms with E-state index in [9.17, 15) is 4.79 Å². The molecule has 100 valence electrons. The van der Waals surface area contributed by atoms with E-state index in [0.717, 1.165) is 12.2 Å². The van der Waals surface area contributed by atoms with Crippen LogP contribution in [0.2, 0.25) is 0 Å². The predicted molar refractivity (Wildman–Crippen MR) is 73.8 cm³/mol. The Balaban J connectivity index is 2.63. The van der Waals surface area contributed by atoms with Crippen LogP contribution in [0.15, 0.2) is 24.3 Å². The Labute approximate surface area is 110 Å². The molecule has 1 N–H and O–H groups in total. The van der Waals surface area contributed by atoms with Crippen molar-refractivity contribution in [1.82, 2.24) is 5.32 Å². The summed E-state index contributed by atoms with van der Waals surface area (Å²) in [6, 6.07) is 7.84. The number of hydrogen-bond acceptors (Lipinski definition) is 2. The predicted octanol–water partition coefficient (Wildman–Crippen LogP) is 2.93. The van der Waals surface area contributed by atoms with Gasteiger partial charge in [-0.05, 0) is 51.8 Å². The minimum atomic E-state index is -0.490. The first-order chi connectivity index (χ1) is 8.31. The Hall–Kier alpha value is -1.51. The number of rotatable bonds is 4. The van der Waals surface area contributed by atoms with Crippen LogP contribution in [-0.2, 0) is 11.2 Å². The van der Waals surface area contributed by atoms with Gasteiger partial charge in [0.25, 0.3) is 5.91 Å². The SMILES string of the molecule is CCc1cccc(OC(C)C(=O)NC(C)(C)C)c1. The van der Waals surface area contributed by atoms with Crippen LogP contribution in [0.5, 0.6) is 5.75 Å². The Morgan fingerprint density at radius 1 is 1.39 bits per heavy atom. The third-order valence-corrected chi connectivity index (χ3v) is 2.49. The fraction of sp³-hybridized carbons (Fsp3) is 0.533. The summed E-state index contributed by atoms with van der Waals surface area (Å²) < 4.78 is 5.65. The van der Waals surface area contributed by atoms with E-state index in [-0.39, 0.29) is 11.4 Å². The van der Waals surface area contributed by atoms with Crippen molar-refractivity contribution in [3.05, 3.63) is 29.8 Å². The van der Waals surface area contributed by atoms with Crippen molar-refractivity contribution in [2.75, 3.05) is 0 Å². The van der Waals surface area contributed by atoms with Crippen molar-refractivity contribution < 1.29 is 9.53 Å². The number of carbonyl (C=O) groups is 1. The van der Waals surface area contributed by atoms with E-state index >= 15 is 0 Å². The molecule has 0 aliphatic carbocycles. The lowest BCUT2D eigenvalue weighted by atomic mass is 10.1. The maximum atomic E-state index is 11.9. The molecule has 0 spiro atoms. The molecule has 0 radical (unpaired) electrons. The first kappa shape index (κ1) is 14.6. The quantitative estimate of drug-likeness (QED) is 0.891. The summed E-state index contributed by atoms with van der Waals surface area (Å²) in [5, 5.41) is 2.90. The molecule has 0 aliphatic heterocycles. The highest BCUT2D eigenvalue weighted by atomic mass is 16.5. The van der Waals surface area contributed by atoms with Gasteiger partial charge >= 0.3 is 0 Å². The van der Waals surface area contributed by atoms with Gasteiger partial charge < -0.3 is 10.1 Å². The van der Waals surface area contributed by atoms with Gasteiger partial charge in [-0.1, -0.05) is 19.1 Å². The summed E-state index contributed by atoms with van der Waals surface area (Å²) in [5.41, 5.74) is 0.968. The van der Waals surface area contributed by atoms with E-state index in [0.29, 0.717) is 0 Å². The maximum Gasteiger partial charge on any atom is 0.261 e. The molecule has 1 unspecified atom stereocenters. The molecule has 1 amide bonds. The molecule has 0 fully saturated rings. The van der Waals surface area contributed by atoms with Gasteiger partial charge in [0.1, 0.15) is 5.75 Å². The van der Waals surface area contributed by atoms with E-state index in [1.807, 2.05) is 45.0 Å². The normalized spacial score (nSPS) is 12.9. The number of carbonyl (C=O) groups excluding carboxylic acids is 1. The summed E-state index contributed by atoms with van der Waals surface area (Å²) in [7, 11) is 0. The van der Waals surface area contributed by atoms with Crippen molar-refractivity contribution in [2.24, 2.45) is 0 Å². The van der Waals surface area contributed by atoms with Crippen LogP contribution in [0.25, 0.3) is 0 Å². The van der Waals surface area contributed by atoms with Gasteiger partial charge in [0.05, 0.1) is 0 Å². The minimum absolute atomic E-state index is 0.0931. The van der Waals surface area contributed by atoms with Crippen molar-refractivity contribution in [2.45, 2.75) is 52.7 Å². The molecule has 0 heterocycles. The van der Waals surface area contributed by atoms with Gasteiger partial charge in [0.15, 0.2) is 6.10 Å². The van der Waals surface area contributed by atoms with Gasteiger partial charge in [0, 0.05) is 5.54 Å². The molecule has 0 aliphatic rings. The van der Waals surface area contributed by atoms with E-state index in [2.05, 4.69) is 12.2 Å². The van der Waals surface area contributed by atoms with Gasteiger partial charge in [-0.2, -0.15) is 0 Å². The summed E-state index contributed by atoms with van der Waals surface area (Å²) in [4.78, 5) is 11.9. The molecule has 18 heavy (non-hydrogen) atoms. The molecule has 3 heteroatoms. The summed E-state index contributed by atoms with van der Waals surface area (Å²) in [6.45, 7) is 9.72. The van der Waals surface area contributed by atoms with Crippen molar-refractivity contribution in [3.63, 3.8) is 0 Å². The van der Waals surface area contributed by atoms with Crippen molar-refractivity contribution in [1.29, 1.82) is 0 Å². The van der Waals surface area contributed by atoms with Crippen LogP contribution >= 0.6 is 0 Å². The standard InChI is InChI=1S/C15H23NO2/c1-6-12-8-7-9-13(10-12)18-11(2)14(17)16-15(3,4)5/h7-11H,6H2,1-5H3,(H,16,17). The highest BCUT2D eigenvalue weighted by Gasteiger charge is 2.20. The number of amides is 1. The minimum Gasteiger partial charge on any atom is -0.481 e. The zero-order valence-electron chi connectivity index (χ0n) is 11.9. The molecule has 3 nitrogen and oxygen atoms in total. The molecule has 0 aromatic heterocycles. The fourth-order valence-corrected chi connectivity index (χ4v) is 1.57. The molecule has 0 saturated carbocycles. The first-order valence-electron chi connectivity index (χ1n) is 6.39. The van der Waals surface area contributed by atoms with Crippen LogP contribution < -0.4 is 10.1 Å². The lowest BCUT2D eigenvalue weighted by Crippen LogP contribution is -2.46. The number of benzene rings is 1. The highest BCUT2D eigenvalue weighted by Crippen LogP contribution is 2.15. The second kappa shape index (κ2) is 5.89. The third kappa shape index (κ3) is 4.78. The Bertz CT molecular complexity index is 407. The second-order valence-corrected chi connectivity index (χ2v) is 5.50. The molecule has 1 atom stereocenters. The molecule has 1 aromatic rings. The van der Waals surface area contributed by atoms with Crippen LogP contribution in [0.1, 0.15) is 40.2 Å². The molecular weight excluding hydrogens is 226 g/mol. The molecule has 0 saturated heterocycles. The summed E-state index contributed by atoms with van der Waals surface area (Å²) in [5.74, 6) is 0.648. The van der Waals surface area contributed by atoms with E-state index < -0.39 is 6.10 Å². The smallest absolute Gasteiger partial charge is 0.261 e. The van der Waals surface area contributed by atoms with Crippen molar-refractivity contribution in [3.8, 4) is 5.75 Å². The number of aryl methyl sites for hydroxylation is 1. The van der Waals surface area contributed by atoms with E-state index in [1.54, 1.807) is 6.92 Å². The topological polar surface area (TPSA) is 38.3 Å². The van der Waals surface area contributed by atoms with Crippen LogP contribution in [0.4, 0.5) is 0 Å². The molecule has 0 bridgehead atoms. The average molecular weight is 249 g/mol. The summed E-state index contributed by atoms with van der Waals surface area (Å²) in [6.07, 6.45) is 0.469. The first-order valence-corrected chi connectivity index (χ1v) is 6.39. The number of nitrogens with one attached hydrogen (secondary N) is 1. The monoisotopic (exact) mass is 249 g/mol. The molecule has 1 aromatic carbocycles. The Morgan fingerprint density at radius 3 is 2.61 bits per heavy atom. The van der Waals surface area contributed by atoms with Gasteiger partial charge in [-0.3, -0.25) is 4.79 Å². The Kier molecular flexibility index (Phi) is 4.76. The lowest BCUT2D eigenvalue weighted by Gasteiger charge is -2.23. The maximum absolute atomic E-state index is 11.9.